The van der Waals surface area contributed by atoms with E-state index in [1.807, 2.05) is 64.1 Å². The number of hydrogen-bond acceptors (Lipinski definition) is 5. The minimum Gasteiger partial charge on any atom is -0.494 e. The first-order chi connectivity index (χ1) is 22.5. The van der Waals surface area contributed by atoms with E-state index in [4.69, 9.17) is 16.3 Å². The van der Waals surface area contributed by atoms with Crippen molar-refractivity contribution in [1.82, 2.24) is 10.2 Å². The van der Waals surface area contributed by atoms with Gasteiger partial charge in [0.2, 0.25) is 11.8 Å². The predicted molar refractivity (Wildman–Crippen MR) is 187 cm³/mol. The normalized spacial score (nSPS) is 12.0. The van der Waals surface area contributed by atoms with Crippen molar-refractivity contribution in [3.63, 3.8) is 0 Å². The van der Waals surface area contributed by atoms with Crippen LogP contribution in [0.1, 0.15) is 37.5 Å². The third-order valence-electron chi connectivity index (χ3n) is 7.52. The average molecular weight is 676 g/mol. The Morgan fingerprint density at radius 2 is 1.53 bits per heavy atom. The highest BCUT2D eigenvalue weighted by molar-refractivity contribution is 7.92. The van der Waals surface area contributed by atoms with Gasteiger partial charge in [0, 0.05) is 24.5 Å². The number of ether oxygens (including phenoxy) is 1. The third-order valence-corrected chi connectivity index (χ3v) is 9.54. The second kappa shape index (κ2) is 16.5. The first-order valence-electron chi connectivity index (χ1n) is 15.7. The van der Waals surface area contributed by atoms with Crippen molar-refractivity contribution in [3.05, 3.63) is 125 Å². The summed E-state index contributed by atoms with van der Waals surface area (Å²) < 4.78 is 35.1. The summed E-state index contributed by atoms with van der Waals surface area (Å²) in [5.74, 6) is -0.118. The van der Waals surface area contributed by atoms with Crippen molar-refractivity contribution in [2.45, 2.75) is 51.6 Å². The van der Waals surface area contributed by atoms with Gasteiger partial charge >= 0.3 is 0 Å². The van der Waals surface area contributed by atoms with E-state index in [9.17, 15) is 18.0 Å². The topological polar surface area (TPSA) is 96.0 Å². The number of amides is 2. The van der Waals surface area contributed by atoms with Crippen LogP contribution in [0.3, 0.4) is 0 Å². The fourth-order valence-electron chi connectivity index (χ4n) is 5.05. The molecule has 0 saturated heterocycles. The highest BCUT2D eigenvalue weighted by atomic mass is 35.5. The maximum absolute atomic E-state index is 14.6. The van der Waals surface area contributed by atoms with Gasteiger partial charge in [-0.25, -0.2) is 8.42 Å². The van der Waals surface area contributed by atoms with Gasteiger partial charge in [-0.3, -0.25) is 13.9 Å². The maximum atomic E-state index is 14.6. The Balaban J connectivity index is 1.80. The number of aryl methyl sites for hydroxylation is 1. The molecule has 0 bridgehead atoms. The number of benzene rings is 4. The average Bonchev–Trinajstić information content (AvgIpc) is 3.05. The number of sulfonamides is 1. The van der Waals surface area contributed by atoms with Crippen LogP contribution in [0.25, 0.3) is 0 Å². The van der Waals surface area contributed by atoms with Gasteiger partial charge in [-0.15, -0.1) is 0 Å². The molecule has 0 saturated carbocycles. The van der Waals surface area contributed by atoms with E-state index in [0.717, 1.165) is 15.4 Å². The second-order valence-corrected chi connectivity index (χ2v) is 14.0. The molecule has 0 aliphatic rings. The SMILES string of the molecule is CCOc1ccc(N(CC(=O)N(Cc2cccc(Cl)c2)[C@H](Cc2ccccc2)C(=O)NCC(C)C)S(=O)(=O)c2ccc(C)cc2)cc1. The summed E-state index contributed by atoms with van der Waals surface area (Å²) in [5, 5.41) is 3.48. The van der Waals surface area contributed by atoms with Crippen LogP contribution >= 0.6 is 11.6 Å². The molecule has 0 aliphatic carbocycles. The molecule has 2 amide bonds. The number of halogens is 1. The zero-order chi connectivity index (χ0) is 34.0. The highest BCUT2D eigenvalue weighted by Gasteiger charge is 2.34. The molecule has 0 radical (unpaired) electrons. The lowest BCUT2D eigenvalue weighted by Gasteiger charge is -2.34. The number of nitrogens with zero attached hydrogens (tertiary/aromatic N) is 2. The molecule has 0 fully saturated rings. The van der Waals surface area contributed by atoms with E-state index in [1.165, 1.54) is 17.0 Å². The van der Waals surface area contributed by atoms with Crippen LogP contribution in [-0.4, -0.2) is 50.9 Å². The van der Waals surface area contributed by atoms with E-state index in [0.29, 0.717) is 29.5 Å². The van der Waals surface area contributed by atoms with Crippen LogP contribution < -0.4 is 14.4 Å². The lowest BCUT2D eigenvalue weighted by molar-refractivity contribution is -0.140. The summed E-state index contributed by atoms with van der Waals surface area (Å²) in [6.45, 7) is 8.07. The zero-order valence-corrected chi connectivity index (χ0v) is 28.8. The first-order valence-corrected chi connectivity index (χ1v) is 17.5. The van der Waals surface area contributed by atoms with Gasteiger partial charge in [0.25, 0.3) is 10.0 Å². The van der Waals surface area contributed by atoms with Crippen LogP contribution in [0.15, 0.2) is 108 Å². The molecule has 0 spiro atoms. The molecule has 0 heterocycles. The minimum atomic E-state index is -4.21. The van der Waals surface area contributed by atoms with Crippen molar-refractivity contribution in [2.75, 3.05) is 24.0 Å². The summed E-state index contributed by atoms with van der Waals surface area (Å²) in [6.07, 6.45) is 0.227. The third kappa shape index (κ3) is 9.83. The molecule has 4 aromatic carbocycles. The van der Waals surface area contributed by atoms with Gasteiger partial charge in [0.1, 0.15) is 18.3 Å². The molecule has 248 valence electrons. The van der Waals surface area contributed by atoms with Gasteiger partial charge < -0.3 is 15.0 Å². The number of hydrogen-bond donors (Lipinski definition) is 1. The van der Waals surface area contributed by atoms with Gasteiger partial charge in [-0.2, -0.15) is 0 Å². The molecule has 4 aromatic rings. The molecule has 10 heteroatoms. The van der Waals surface area contributed by atoms with Crippen molar-refractivity contribution in [1.29, 1.82) is 0 Å². The predicted octanol–water partition coefficient (Wildman–Crippen LogP) is 6.65. The number of carbonyl (C=O) groups is 2. The maximum Gasteiger partial charge on any atom is 0.264 e. The number of rotatable bonds is 15. The Morgan fingerprint density at radius 1 is 0.872 bits per heavy atom. The molecule has 0 aromatic heterocycles. The molecule has 0 unspecified atom stereocenters. The summed E-state index contributed by atoms with van der Waals surface area (Å²) in [7, 11) is -4.21. The number of anilines is 1. The molecular formula is C37H42ClN3O5S. The molecule has 1 atom stereocenters. The van der Waals surface area contributed by atoms with Crippen LogP contribution in [0.4, 0.5) is 5.69 Å². The summed E-state index contributed by atoms with van der Waals surface area (Å²) >= 11 is 6.32. The first kappa shape index (κ1) is 35.5. The van der Waals surface area contributed by atoms with Crippen molar-refractivity contribution < 1.29 is 22.7 Å². The molecule has 8 nitrogen and oxygen atoms in total. The fourth-order valence-corrected chi connectivity index (χ4v) is 6.68. The van der Waals surface area contributed by atoms with Gasteiger partial charge in [-0.05, 0) is 79.4 Å². The molecule has 47 heavy (non-hydrogen) atoms. The van der Waals surface area contributed by atoms with E-state index >= 15 is 0 Å². The fraction of sp³-hybridized carbons (Fsp3) is 0.297. The summed E-state index contributed by atoms with van der Waals surface area (Å²) in [4.78, 5) is 30.0. The van der Waals surface area contributed by atoms with Crippen LogP contribution in [0, 0.1) is 12.8 Å². The van der Waals surface area contributed by atoms with Gasteiger partial charge in [-0.1, -0.05) is 85.6 Å². The summed E-state index contributed by atoms with van der Waals surface area (Å²) in [6, 6.07) is 28.6. The second-order valence-electron chi connectivity index (χ2n) is 11.7. The van der Waals surface area contributed by atoms with Crippen LogP contribution in [0.2, 0.25) is 5.02 Å². The molecule has 4 rings (SSSR count). The van der Waals surface area contributed by atoms with E-state index in [2.05, 4.69) is 5.32 Å². The Morgan fingerprint density at radius 3 is 2.15 bits per heavy atom. The molecule has 1 N–H and O–H groups in total. The molecule has 0 aliphatic heterocycles. The quantitative estimate of drug-likeness (QED) is 0.152. The van der Waals surface area contributed by atoms with Gasteiger partial charge in [0.15, 0.2) is 0 Å². The van der Waals surface area contributed by atoms with E-state index < -0.39 is 28.5 Å². The van der Waals surface area contributed by atoms with Crippen molar-refractivity contribution >= 4 is 39.1 Å². The standard InChI is InChI=1S/C37H42ClN3O5S/c1-5-46-33-18-16-32(17-19-33)41(47(44,45)34-20-14-28(4)15-21-34)26-36(42)40(25-30-12-9-13-31(38)22-30)35(37(43)39-24-27(2)3)23-29-10-7-6-8-11-29/h6-22,27,35H,5,23-26H2,1-4H3,(H,39,43)/t35-/m1/s1. The minimum absolute atomic E-state index is 0.0354. The smallest absolute Gasteiger partial charge is 0.264 e. The zero-order valence-electron chi connectivity index (χ0n) is 27.2. The van der Waals surface area contributed by atoms with Crippen molar-refractivity contribution in [2.24, 2.45) is 5.92 Å². The highest BCUT2D eigenvalue weighted by Crippen LogP contribution is 2.27. The summed E-state index contributed by atoms with van der Waals surface area (Å²) in [5.41, 5.74) is 2.75. The Labute approximate surface area is 283 Å². The molecular weight excluding hydrogens is 634 g/mol. The van der Waals surface area contributed by atoms with Crippen LogP contribution in [0.5, 0.6) is 5.75 Å². The largest absolute Gasteiger partial charge is 0.494 e. The van der Waals surface area contributed by atoms with E-state index in [-0.39, 0.29) is 35.4 Å². The lowest BCUT2D eigenvalue weighted by Crippen LogP contribution is -2.53. The van der Waals surface area contributed by atoms with Crippen molar-refractivity contribution in [3.8, 4) is 5.75 Å². The lowest BCUT2D eigenvalue weighted by atomic mass is 10.0. The van der Waals surface area contributed by atoms with Gasteiger partial charge in [0.05, 0.1) is 17.2 Å². The Hall–Kier alpha value is -4.34. The van der Waals surface area contributed by atoms with Crippen LogP contribution in [-0.2, 0) is 32.6 Å². The number of carbonyl (C=O) groups excluding carboxylic acids is 2. The Kier molecular flexibility index (Phi) is 12.4. The Bertz CT molecular complexity index is 1730. The monoisotopic (exact) mass is 675 g/mol. The number of nitrogens with one attached hydrogen (secondary N) is 1. The van der Waals surface area contributed by atoms with E-state index in [1.54, 1.807) is 54.6 Å².